The molecule has 0 bridgehead atoms. The van der Waals surface area contributed by atoms with Gasteiger partial charge in [0, 0.05) is 23.4 Å². The first-order chi connectivity index (χ1) is 9.32. The van der Waals surface area contributed by atoms with E-state index in [0.717, 1.165) is 23.8 Å². The molecule has 0 fully saturated rings. The molecule has 0 aliphatic rings. The average molecular weight is 281 g/mol. The van der Waals surface area contributed by atoms with E-state index in [-0.39, 0.29) is 0 Å². The molecule has 0 saturated heterocycles. The summed E-state index contributed by atoms with van der Waals surface area (Å²) in [5.41, 5.74) is -0.995. The topological polar surface area (TPSA) is 12.9 Å². The molecule has 1 heterocycles. The Labute approximate surface area is 113 Å². The smallest absolute Gasteiger partial charge is 0.254 e. The van der Waals surface area contributed by atoms with Gasteiger partial charge in [-0.3, -0.25) is 4.98 Å². The summed E-state index contributed by atoms with van der Waals surface area (Å²) in [6.07, 6.45) is 1.29. The first-order valence-corrected chi connectivity index (χ1v) is 5.78. The Morgan fingerprint density at radius 3 is 2.40 bits per heavy atom. The first kappa shape index (κ1) is 14.2. The Morgan fingerprint density at radius 1 is 1.15 bits per heavy atom. The molecule has 1 aromatic carbocycles. The van der Waals surface area contributed by atoms with E-state index in [4.69, 9.17) is 0 Å². The van der Waals surface area contributed by atoms with Crippen molar-refractivity contribution in [2.75, 3.05) is 0 Å². The maximum absolute atomic E-state index is 14.2. The normalized spacial score (nSPS) is 11.4. The zero-order valence-electron chi connectivity index (χ0n) is 10.6. The molecule has 0 N–H and O–H groups in total. The summed E-state index contributed by atoms with van der Waals surface area (Å²) >= 11 is 0. The predicted octanol–water partition coefficient (Wildman–Crippen LogP) is 4.47. The highest BCUT2D eigenvalue weighted by atomic mass is 19.3. The van der Waals surface area contributed by atoms with Gasteiger partial charge in [-0.1, -0.05) is 12.6 Å². The lowest BCUT2D eigenvalue weighted by molar-refractivity contribution is 0.0593. The predicted molar refractivity (Wildman–Crippen MR) is 68.3 cm³/mol. The molecule has 1 aromatic heterocycles. The van der Waals surface area contributed by atoms with Crippen LogP contribution in [0.5, 0.6) is 0 Å². The third-order valence-corrected chi connectivity index (χ3v) is 2.87. The minimum absolute atomic E-state index is 0.432. The van der Waals surface area contributed by atoms with Gasteiger partial charge < -0.3 is 0 Å². The minimum atomic E-state index is -3.54. The van der Waals surface area contributed by atoms with E-state index in [1.165, 1.54) is 12.3 Å². The summed E-state index contributed by atoms with van der Waals surface area (Å²) in [5, 5.41) is 0. The van der Waals surface area contributed by atoms with Gasteiger partial charge in [-0.15, -0.1) is 0 Å². The van der Waals surface area contributed by atoms with Crippen LogP contribution in [-0.4, -0.2) is 4.98 Å². The summed E-state index contributed by atoms with van der Waals surface area (Å²) in [7, 11) is 0. The van der Waals surface area contributed by atoms with Gasteiger partial charge in [0.25, 0.3) is 0 Å². The lowest BCUT2D eigenvalue weighted by Crippen LogP contribution is -2.18. The molecule has 5 heteroatoms. The van der Waals surface area contributed by atoms with E-state index in [1.54, 1.807) is 6.92 Å². The average Bonchev–Trinajstić information content (AvgIpc) is 2.38. The van der Waals surface area contributed by atoms with E-state index in [1.807, 2.05) is 0 Å². The van der Waals surface area contributed by atoms with Crippen LogP contribution in [-0.2, 0) is 5.92 Å². The van der Waals surface area contributed by atoms with Gasteiger partial charge in [0.1, 0.15) is 17.3 Å². The molecule has 0 radical (unpaired) electrons. The number of halogens is 4. The van der Waals surface area contributed by atoms with Crippen LogP contribution in [0.1, 0.15) is 16.8 Å². The fraction of sp³-hybridized carbons (Fsp3) is 0.133. The van der Waals surface area contributed by atoms with Crippen LogP contribution in [0.3, 0.4) is 0 Å². The van der Waals surface area contributed by atoms with Gasteiger partial charge in [-0.25, -0.2) is 8.78 Å². The monoisotopic (exact) mass is 281 g/mol. The quantitative estimate of drug-likeness (QED) is 0.756. The van der Waals surface area contributed by atoms with E-state index in [0.29, 0.717) is 6.07 Å². The van der Waals surface area contributed by atoms with Crippen molar-refractivity contribution in [1.29, 1.82) is 0 Å². The van der Waals surface area contributed by atoms with Crippen molar-refractivity contribution >= 4 is 5.57 Å². The van der Waals surface area contributed by atoms with Crippen molar-refractivity contribution in [3.8, 4) is 0 Å². The van der Waals surface area contributed by atoms with Gasteiger partial charge in [-0.05, 0) is 30.7 Å². The third kappa shape index (κ3) is 2.57. The lowest BCUT2D eigenvalue weighted by Gasteiger charge is -2.19. The second-order valence-electron chi connectivity index (χ2n) is 4.40. The van der Waals surface area contributed by atoms with Gasteiger partial charge in [0.05, 0.1) is 0 Å². The van der Waals surface area contributed by atoms with Crippen LogP contribution in [0.15, 0.2) is 43.1 Å². The molecule has 0 amide bonds. The van der Waals surface area contributed by atoms with Crippen molar-refractivity contribution in [3.63, 3.8) is 0 Å². The lowest BCUT2D eigenvalue weighted by atomic mass is 9.98. The van der Waals surface area contributed by atoms with Crippen molar-refractivity contribution in [1.82, 2.24) is 4.98 Å². The maximum Gasteiger partial charge on any atom is 0.315 e. The molecular formula is C15H11F4N. The number of hydrogen-bond acceptors (Lipinski definition) is 1. The van der Waals surface area contributed by atoms with Crippen molar-refractivity contribution in [2.24, 2.45) is 0 Å². The molecule has 104 valence electrons. The Balaban J connectivity index is 2.42. The molecule has 1 nitrogen and oxygen atoms in total. The highest BCUT2D eigenvalue weighted by Crippen LogP contribution is 2.40. The van der Waals surface area contributed by atoms with E-state index in [2.05, 4.69) is 11.6 Å². The Kier molecular flexibility index (Phi) is 3.61. The Hall–Kier alpha value is -2.17. The highest BCUT2D eigenvalue weighted by molar-refractivity contribution is 5.70. The zero-order valence-corrected chi connectivity index (χ0v) is 10.6. The Morgan fingerprint density at radius 2 is 1.85 bits per heavy atom. The van der Waals surface area contributed by atoms with E-state index >= 15 is 0 Å². The minimum Gasteiger partial charge on any atom is -0.254 e. The van der Waals surface area contributed by atoms with Crippen LogP contribution in [0.2, 0.25) is 0 Å². The number of allylic oxidation sites excluding steroid dienone is 1. The number of hydrogen-bond donors (Lipinski definition) is 0. The molecule has 2 aromatic rings. The van der Waals surface area contributed by atoms with Crippen molar-refractivity contribution in [2.45, 2.75) is 12.8 Å². The van der Waals surface area contributed by atoms with Gasteiger partial charge >= 0.3 is 5.92 Å². The molecule has 0 unspecified atom stereocenters. The second kappa shape index (κ2) is 5.07. The number of nitrogens with zero attached hydrogens (tertiary/aromatic N) is 1. The standard InChI is InChI=1S/C15H11F4N/c1-9-3-6-14(20-8-9)15(18,19)10(2)12-5-4-11(16)7-13(12)17/h3-8H,2H2,1H3. The van der Waals surface area contributed by atoms with Crippen LogP contribution < -0.4 is 0 Å². The summed E-state index contributed by atoms with van der Waals surface area (Å²) in [6, 6.07) is 5.02. The van der Waals surface area contributed by atoms with Gasteiger partial charge in [-0.2, -0.15) is 8.78 Å². The summed E-state index contributed by atoms with van der Waals surface area (Å²) in [4.78, 5) is 3.64. The van der Waals surface area contributed by atoms with E-state index in [9.17, 15) is 17.6 Å². The largest absolute Gasteiger partial charge is 0.315 e. The molecule has 0 aliphatic heterocycles. The number of aromatic nitrogens is 1. The molecule has 0 spiro atoms. The molecule has 20 heavy (non-hydrogen) atoms. The zero-order chi connectivity index (χ0) is 14.9. The summed E-state index contributed by atoms with van der Waals surface area (Å²) in [6.45, 7) is 4.95. The number of aryl methyl sites for hydroxylation is 1. The fourth-order valence-electron chi connectivity index (χ4n) is 1.71. The molecule has 0 aliphatic carbocycles. The molecule has 2 rings (SSSR count). The first-order valence-electron chi connectivity index (χ1n) is 5.78. The number of alkyl halides is 2. The van der Waals surface area contributed by atoms with Crippen LogP contribution >= 0.6 is 0 Å². The summed E-state index contributed by atoms with van der Waals surface area (Å²) in [5.74, 6) is -5.45. The fourth-order valence-corrected chi connectivity index (χ4v) is 1.71. The van der Waals surface area contributed by atoms with Crippen LogP contribution in [0.25, 0.3) is 5.57 Å². The van der Waals surface area contributed by atoms with Crippen molar-refractivity contribution < 1.29 is 17.6 Å². The van der Waals surface area contributed by atoms with Crippen LogP contribution in [0.4, 0.5) is 17.6 Å². The number of benzene rings is 1. The van der Waals surface area contributed by atoms with Crippen LogP contribution in [0, 0.1) is 18.6 Å². The van der Waals surface area contributed by atoms with Crippen molar-refractivity contribution in [3.05, 3.63) is 71.6 Å². The second-order valence-corrected chi connectivity index (χ2v) is 4.40. The maximum atomic E-state index is 14.2. The molecule has 0 atom stereocenters. The van der Waals surface area contributed by atoms with Gasteiger partial charge in [0.2, 0.25) is 0 Å². The molecular weight excluding hydrogens is 270 g/mol. The number of pyridine rings is 1. The van der Waals surface area contributed by atoms with Gasteiger partial charge in [0.15, 0.2) is 0 Å². The highest BCUT2D eigenvalue weighted by Gasteiger charge is 2.38. The Bertz CT molecular complexity index is 647. The summed E-state index contributed by atoms with van der Waals surface area (Å²) < 4.78 is 54.8. The third-order valence-electron chi connectivity index (χ3n) is 2.87. The number of rotatable bonds is 3. The van der Waals surface area contributed by atoms with E-state index < -0.39 is 34.4 Å². The molecule has 0 saturated carbocycles. The SMILES string of the molecule is C=C(c1ccc(F)cc1F)C(F)(F)c1ccc(C)cn1.